The Morgan fingerprint density at radius 3 is 2.74 bits per heavy atom. The fraction of sp³-hybridized carbons (Fsp3) is 0.0769. The van der Waals surface area contributed by atoms with Gasteiger partial charge in [-0.1, -0.05) is 30.3 Å². The van der Waals surface area contributed by atoms with Gasteiger partial charge in [-0.2, -0.15) is 0 Å². The third-order valence-corrected chi connectivity index (χ3v) is 2.36. The van der Waals surface area contributed by atoms with Gasteiger partial charge in [-0.15, -0.1) is 4.91 Å². The average Bonchev–Trinajstić information content (AvgIpc) is 2.47. The normalized spacial score (nSPS) is 9.68. The molecule has 1 heterocycles. The van der Waals surface area contributed by atoms with Crippen LogP contribution in [0.15, 0.2) is 54.1 Å². The number of aromatic nitrogens is 1. The molecule has 0 atom stereocenters. The summed E-state index contributed by atoms with van der Waals surface area (Å²) in [5, 5.41) is 2.10. The molecule has 0 saturated heterocycles. The molecule has 19 heavy (non-hydrogen) atoms. The molecule has 0 N–H and O–H groups in total. The van der Waals surface area contributed by atoms with Crippen LogP contribution in [0.5, 0.6) is 5.75 Å². The van der Waals surface area contributed by atoms with Gasteiger partial charge < -0.3 is 4.74 Å². The molecule has 0 unspecified atom stereocenters. The second-order valence-electron chi connectivity index (χ2n) is 3.60. The quantitative estimate of drug-likeness (QED) is 0.608. The van der Waals surface area contributed by atoms with Crippen molar-refractivity contribution in [2.24, 2.45) is 5.34 Å². The first kappa shape index (κ1) is 12.7. The molecule has 0 radical (unpaired) electrons. The molecule has 0 amide bonds. The Labute approximate surface area is 108 Å². The van der Waals surface area contributed by atoms with Crippen LogP contribution in [0.3, 0.4) is 0 Å². The summed E-state index contributed by atoms with van der Waals surface area (Å²) in [7, 11) is 0. The van der Waals surface area contributed by atoms with Crippen LogP contribution in [0.25, 0.3) is 0 Å². The molecule has 1 aromatic heterocycles. The second kappa shape index (κ2) is 6.25. The van der Waals surface area contributed by atoms with Gasteiger partial charge in [-0.3, -0.25) is 9.82 Å². The highest BCUT2D eigenvalue weighted by Gasteiger charge is 2.15. The van der Waals surface area contributed by atoms with Crippen molar-refractivity contribution in [3.8, 4) is 5.75 Å². The SMILES string of the molecule is O=NOC(=O)c1ccncc1OCc1ccccc1. The van der Waals surface area contributed by atoms with Crippen molar-refractivity contribution >= 4 is 5.97 Å². The molecular formula is C13H10N2O4. The number of rotatable bonds is 5. The molecule has 0 spiro atoms. The molecule has 1 aromatic carbocycles. The van der Waals surface area contributed by atoms with Crippen molar-refractivity contribution in [1.82, 2.24) is 4.98 Å². The molecule has 6 heteroatoms. The van der Waals surface area contributed by atoms with Crippen molar-refractivity contribution in [2.45, 2.75) is 6.61 Å². The fourth-order valence-corrected chi connectivity index (χ4v) is 1.48. The van der Waals surface area contributed by atoms with E-state index in [1.54, 1.807) is 0 Å². The van der Waals surface area contributed by atoms with Gasteiger partial charge in [0.05, 0.1) is 6.20 Å². The Kier molecular flexibility index (Phi) is 4.17. The zero-order valence-electron chi connectivity index (χ0n) is 9.85. The average molecular weight is 258 g/mol. The molecule has 0 saturated carbocycles. The Morgan fingerprint density at radius 1 is 1.21 bits per heavy atom. The first-order chi connectivity index (χ1) is 9.31. The standard InChI is InChI=1S/C13H10N2O4/c16-13(19-15-17)11-6-7-14-8-12(11)18-9-10-4-2-1-3-5-10/h1-8H,9H2. The maximum absolute atomic E-state index is 11.5. The lowest BCUT2D eigenvalue weighted by Crippen LogP contribution is -2.05. The molecule has 0 aliphatic heterocycles. The molecule has 0 fully saturated rings. The fourth-order valence-electron chi connectivity index (χ4n) is 1.48. The van der Waals surface area contributed by atoms with E-state index in [0.717, 1.165) is 5.56 Å². The zero-order chi connectivity index (χ0) is 13.5. The summed E-state index contributed by atoms with van der Waals surface area (Å²) in [6.45, 7) is 0.279. The highest BCUT2D eigenvalue weighted by molar-refractivity contribution is 5.92. The van der Waals surface area contributed by atoms with Crippen LogP contribution in [-0.2, 0) is 11.4 Å². The van der Waals surface area contributed by atoms with E-state index < -0.39 is 5.97 Å². The Hall–Kier alpha value is -2.76. The molecule has 0 bridgehead atoms. The topological polar surface area (TPSA) is 77.9 Å². The molecule has 96 valence electrons. The van der Waals surface area contributed by atoms with E-state index in [9.17, 15) is 9.70 Å². The Morgan fingerprint density at radius 2 is 2.00 bits per heavy atom. The zero-order valence-corrected chi connectivity index (χ0v) is 9.85. The number of pyridine rings is 1. The largest absolute Gasteiger partial charge is 0.486 e. The minimum atomic E-state index is -0.875. The molecule has 6 nitrogen and oxygen atoms in total. The lowest BCUT2D eigenvalue weighted by atomic mass is 10.2. The molecule has 2 rings (SSSR count). The van der Waals surface area contributed by atoms with Gasteiger partial charge >= 0.3 is 5.97 Å². The molecular weight excluding hydrogens is 248 g/mol. The highest BCUT2D eigenvalue weighted by Crippen LogP contribution is 2.19. The van der Waals surface area contributed by atoms with Crippen LogP contribution in [-0.4, -0.2) is 11.0 Å². The van der Waals surface area contributed by atoms with E-state index >= 15 is 0 Å². The summed E-state index contributed by atoms with van der Waals surface area (Å²) in [6, 6.07) is 10.8. The predicted molar refractivity (Wildman–Crippen MR) is 66.2 cm³/mol. The van der Waals surface area contributed by atoms with Crippen molar-refractivity contribution in [1.29, 1.82) is 0 Å². The van der Waals surface area contributed by atoms with E-state index in [1.165, 1.54) is 18.5 Å². The van der Waals surface area contributed by atoms with E-state index in [-0.39, 0.29) is 17.9 Å². The first-order valence-electron chi connectivity index (χ1n) is 5.46. The molecule has 0 aliphatic carbocycles. The van der Waals surface area contributed by atoms with Gasteiger partial charge in [0.15, 0.2) is 11.1 Å². The lowest BCUT2D eigenvalue weighted by Gasteiger charge is -2.08. The maximum Gasteiger partial charge on any atom is 0.373 e. The number of nitrogens with zero attached hydrogens (tertiary/aromatic N) is 2. The summed E-state index contributed by atoms with van der Waals surface area (Å²) in [6.07, 6.45) is 2.78. The van der Waals surface area contributed by atoms with E-state index in [4.69, 9.17) is 4.74 Å². The van der Waals surface area contributed by atoms with Crippen molar-refractivity contribution < 1.29 is 14.4 Å². The third-order valence-electron chi connectivity index (χ3n) is 2.36. The first-order valence-corrected chi connectivity index (χ1v) is 5.46. The van der Waals surface area contributed by atoms with Gasteiger partial charge in [0.1, 0.15) is 12.2 Å². The Bertz CT molecular complexity index is 572. The van der Waals surface area contributed by atoms with Crippen LogP contribution >= 0.6 is 0 Å². The van der Waals surface area contributed by atoms with Crippen LogP contribution in [0.2, 0.25) is 0 Å². The highest BCUT2D eigenvalue weighted by atomic mass is 16.7. The number of ether oxygens (including phenoxy) is 1. The van der Waals surface area contributed by atoms with Crippen molar-refractivity contribution in [2.75, 3.05) is 0 Å². The number of carbonyl (C=O) groups excluding carboxylic acids is 1. The van der Waals surface area contributed by atoms with E-state index in [1.807, 2.05) is 30.3 Å². The summed E-state index contributed by atoms with van der Waals surface area (Å²) in [5.41, 5.74) is 1.05. The summed E-state index contributed by atoms with van der Waals surface area (Å²) in [5.74, 6) is -0.638. The van der Waals surface area contributed by atoms with Gasteiger partial charge in [0, 0.05) is 6.20 Å². The smallest absolute Gasteiger partial charge is 0.373 e. The predicted octanol–water partition coefficient (Wildman–Crippen LogP) is 2.50. The van der Waals surface area contributed by atoms with Crippen molar-refractivity contribution in [3.05, 3.63) is 64.8 Å². The van der Waals surface area contributed by atoms with Crippen LogP contribution < -0.4 is 4.74 Å². The third kappa shape index (κ3) is 3.35. The van der Waals surface area contributed by atoms with E-state index in [2.05, 4.69) is 15.2 Å². The van der Waals surface area contributed by atoms with Crippen molar-refractivity contribution in [3.63, 3.8) is 0 Å². The minimum absolute atomic E-state index is 0.102. The number of carbonyl (C=O) groups is 1. The number of hydrogen-bond donors (Lipinski definition) is 0. The summed E-state index contributed by atoms with van der Waals surface area (Å²) >= 11 is 0. The molecule has 0 aliphatic rings. The maximum atomic E-state index is 11.5. The number of benzene rings is 1. The monoisotopic (exact) mass is 258 g/mol. The Balaban J connectivity index is 2.12. The van der Waals surface area contributed by atoms with Gasteiger partial charge in [-0.25, -0.2) is 4.79 Å². The summed E-state index contributed by atoms with van der Waals surface area (Å²) < 4.78 is 5.48. The lowest BCUT2D eigenvalue weighted by molar-refractivity contribution is 0.0503. The minimum Gasteiger partial charge on any atom is -0.486 e. The summed E-state index contributed by atoms with van der Waals surface area (Å²) in [4.78, 5) is 29.3. The van der Waals surface area contributed by atoms with Crippen LogP contribution in [0, 0.1) is 4.91 Å². The second-order valence-corrected chi connectivity index (χ2v) is 3.60. The number of hydrogen-bond acceptors (Lipinski definition) is 6. The van der Waals surface area contributed by atoms with Gasteiger partial charge in [0.25, 0.3) is 0 Å². The van der Waals surface area contributed by atoms with E-state index in [0.29, 0.717) is 0 Å². The van der Waals surface area contributed by atoms with Crippen LogP contribution in [0.1, 0.15) is 15.9 Å². The van der Waals surface area contributed by atoms with Gasteiger partial charge in [-0.05, 0) is 11.6 Å². The van der Waals surface area contributed by atoms with Crippen LogP contribution in [0.4, 0.5) is 0 Å². The molecule has 2 aromatic rings. The van der Waals surface area contributed by atoms with Gasteiger partial charge in [0.2, 0.25) is 0 Å².